The van der Waals surface area contributed by atoms with E-state index in [-0.39, 0.29) is 12.6 Å². The van der Waals surface area contributed by atoms with Crippen LogP contribution >= 0.6 is 0 Å². The van der Waals surface area contributed by atoms with Crippen molar-refractivity contribution in [3.63, 3.8) is 0 Å². The molecule has 0 fully saturated rings. The Morgan fingerprint density at radius 1 is 1.60 bits per heavy atom. The zero-order valence-electron chi connectivity index (χ0n) is 9.69. The minimum absolute atomic E-state index is 0.00421. The van der Waals surface area contributed by atoms with Gasteiger partial charge >= 0.3 is 5.97 Å². The first-order valence-electron chi connectivity index (χ1n) is 4.92. The van der Waals surface area contributed by atoms with Crippen molar-refractivity contribution in [2.24, 2.45) is 0 Å². The lowest BCUT2D eigenvalue weighted by Crippen LogP contribution is -2.59. The maximum absolute atomic E-state index is 11.3. The number of nitrogens with zero attached hydrogens (tertiary/aromatic N) is 1. The zero-order valence-corrected chi connectivity index (χ0v) is 9.69. The van der Waals surface area contributed by atoms with E-state index in [1.807, 2.05) is 0 Å². The number of carbonyl (C=O) groups is 2. The Balaban J connectivity index is 5.19. The molecule has 0 aromatic rings. The van der Waals surface area contributed by atoms with Gasteiger partial charge in [0, 0.05) is 13.2 Å². The number of hydrogen-bond acceptors (Lipinski definition) is 3. The molecule has 0 aliphatic heterocycles. The van der Waals surface area contributed by atoms with Gasteiger partial charge in [-0.25, -0.2) is 4.79 Å². The Morgan fingerprint density at radius 2 is 2.13 bits per heavy atom. The highest BCUT2D eigenvalue weighted by molar-refractivity contribution is 5.81. The molecule has 0 aliphatic rings. The van der Waals surface area contributed by atoms with E-state index in [2.05, 4.69) is 0 Å². The number of rotatable bonds is 7. The summed E-state index contributed by atoms with van der Waals surface area (Å²) in [4.78, 5) is 23.5. The fourth-order valence-corrected chi connectivity index (χ4v) is 1.64. The van der Waals surface area contributed by atoms with Crippen molar-refractivity contribution in [1.82, 2.24) is 4.90 Å². The molecule has 1 atom stereocenters. The van der Waals surface area contributed by atoms with Crippen LogP contribution in [-0.2, 0) is 14.3 Å². The average Bonchev–Trinajstić information content (AvgIpc) is 2.16. The van der Waals surface area contributed by atoms with Crippen LogP contribution in [0.1, 0.15) is 27.2 Å². The number of carbonyl (C=O) groups excluding carboxylic acids is 1. The first kappa shape index (κ1) is 13.9. The predicted octanol–water partition coefficient (Wildman–Crippen LogP) is 0.733. The van der Waals surface area contributed by atoms with Crippen LogP contribution in [0.25, 0.3) is 0 Å². The topological polar surface area (TPSA) is 66.8 Å². The van der Waals surface area contributed by atoms with Crippen molar-refractivity contribution >= 4 is 12.4 Å². The maximum Gasteiger partial charge on any atom is 0.332 e. The minimum atomic E-state index is -1.26. The largest absolute Gasteiger partial charge is 0.479 e. The standard InChI is InChI=1S/C10H19NO4/c1-5-10(6-15-4,9(13)14)11(7-12)8(2)3/h7-8H,5-6H2,1-4H3,(H,13,14). The molecule has 15 heavy (non-hydrogen) atoms. The van der Waals surface area contributed by atoms with Crippen LogP contribution in [0.3, 0.4) is 0 Å². The van der Waals surface area contributed by atoms with Crippen LogP contribution in [-0.4, -0.2) is 47.7 Å². The zero-order chi connectivity index (χ0) is 12.1. The SMILES string of the molecule is CCC(COC)(C(=O)O)N(C=O)C(C)C. The second-order valence-corrected chi connectivity index (χ2v) is 3.73. The number of aliphatic carboxylic acids is 1. The third kappa shape index (κ3) is 2.68. The van der Waals surface area contributed by atoms with Gasteiger partial charge in [-0.15, -0.1) is 0 Å². The van der Waals surface area contributed by atoms with Gasteiger partial charge in [0.2, 0.25) is 6.41 Å². The quantitative estimate of drug-likeness (QED) is 0.638. The lowest BCUT2D eigenvalue weighted by molar-refractivity contribution is -0.161. The lowest BCUT2D eigenvalue weighted by atomic mass is 9.94. The Labute approximate surface area is 90.0 Å². The number of carboxylic acid groups (broad SMARTS) is 1. The molecule has 1 N–H and O–H groups in total. The molecule has 0 bridgehead atoms. The average molecular weight is 217 g/mol. The van der Waals surface area contributed by atoms with E-state index in [0.717, 1.165) is 0 Å². The van der Waals surface area contributed by atoms with Gasteiger partial charge in [-0.1, -0.05) is 6.92 Å². The van der Waals surface area contributed by atoms with E-state index in [0.29, 0.717) is 12.8 Å². The van der Waals surface area contributed by atoms with Gasteiger partial charge in [0.05, 0.1) is 6.61 Å². The number of ether oxygens (including phenoxy) is 1. The van der Waals surface area contributed by atoms with Crippen LogP contribution in [0, 0.1) is 0 Å². The highest BCUT2D eigenvalue weighted by Gasteiger charge is 2.43. The van der Waals surface area contributed by atoms with Crippen molar-refractivity contribution in [2.45, 2.75) is 38.8 Å². The highest BCUT2D eigenvalue weighted by Crippen LogP contribution is 2.22. The molecular formula is C10H19NO4. The summed E-state index contributed by atoms with van der Waals surface area (Å²) in [6.45, 7) is 5.27. The first-order valence-corrected chi connectivity index (χ1v) is 4.92. The van der Waals surface area contributed by atoms with E-state index in [9.17, 15) is 14.7 Å². The van der Waals surface area contributed by atoms with Gasteiger partial charge in [-0.05, 0) is 20.3 Å². The Hall–Kier alpha value is -1.10. The van der Waals surface area contributed by atoms with E-state index < -0.39 is 11.5 Å². The molecule has 0 rings (SSSR count). The summed E-state index contributed by atoms with van der Waals surface area (Å²) in [5, 5.41) is 9.22. The Kier molecular flexibility index (Phi) is 5.28. The van der Waals surface area contributed by atoms with Crippen LogP contribution in [0.4, 0.5) is 0 Å². The summed E-state index contributed by atoms with van der Waals surface area (Å²) in [6, 6.07) is -0.173. The number of carboxylic acids is 1. The second kappa shape index (κ2) is 5.70. The molecule has 88 valence electrons. The molecule has 5 nitrogen and oxygen atoms in total. The maximum atomic E-state index is 11.3. The number of amides is 1. The van der Waals surface area contributed by atoms with Gasteiger partial charge in [-0.3, -0.25) is 4.79 Å². The summed E-state index contributed by atoms with van der Waals surface area (Å²) in [5.74, 6) is -1.03. The monoisotopic (exact) mass is 217 g/mol. The van der Waals surface area contributed by atoms with Crippen LogP contribution in [0.5, 0.6) is 0 Å². The van der Waals surface area contributed by atoms with E-state index in [4.69, 9.17) is 4.74 Å². The summed E-state index contributed by atoms with van der Waals surface area (Å²) >= 11 is 0. The van der Waals surface area contributed by atoms with Gasteiger partial charge in [0.1, 0.15) is 0 Å². The summed E-state index contributed by atoms with van der Waals surface area (Å²) in [7, 11) is 1.43. The first-order chi connectivity index (χ1) is 6.96. The van der Waals surface area contributed by atoms with Crippen molar-refractivity contribution in [3.8, 4) is 0 Å². The van der Waals surface area contributed by atoms with E-state index in [1.54, 1.807) is 20.8 Å². The van der Waals surface area contributed by atoms with Gasteiger partial charge in [0.15, 0.2) is 5.54 Å². The van der Waals surface area contributed by atoms with Crippen molar-refractivity contribution in [1.29, 1.82) is 0 Å². The molecule has 0 radical (unpaired) electrons. The smallest absolute Gasteiger partial charge is 0.332 e. The minimum Gasteiger partial charge on any atom is -0.479 e. The van der Waals surface area contributed by atoms with Gasteiger partial charge in [0.25, 0.3) is 0 Å². The van der Waals surface area contributed by atoms with E-state index >= 15 is 0 Å². The van der Waals surface area contributed by atoms with Gasteiger partial charge < -0.3 is 14.7 Å². The van der Waals surface area contributed by atoms with Crippen molar-refractivity contribution in [2.75, 3.05) is 13.7 Å². The molecule has 0 aliphatic carbocycles. The predicted molar refractivity (Wildman–Crippen MR) is 55.6 cm³/mol. The second-order valence-electron chi connectivity index (χ2n) is 3.73. The summed E-state index contributed by atoms with van der Waals surface area (Å²) < 4.78 is 4.91. The van der Waals surface area contributed by atoms with Gasteiger partial charge in [-0.2, -0.15) is 0 Å². The Bertz CT molecular complexity index is 229. The molecule has 0 saturated heterocycles. The molecule has 0 aromatic heterocycles. The third-order valence-electron chi connectivity index (χ3n) is 2.53. The van der Waals surface area contributed by atoms with E-state index in [1.165, 1.54) is 12.0 Å². The van der Waals surface area contributed by atoms with Crippen LogP contribution in [0.15, 0.2) is 0 Å². The fourth-order valence-electron chi connectivity index (χ4n) is 1.64. The lowest BCUT2D eigenvalue weighted by Gasteiger charge is -2.39. The molecule has 1 unspecified atom stereocenters. The van der Waals surface area contributed by atoms with Crippen LogP contribution in [0.2, 0.25) is 0 Å². The number of hydrogen-bond donors (Lipinski definition) is 1. The summed E-state index contributed by atoms with van der Waals surface area (Å²) in [6.07, 6.45) is 0.883. The molecule has 5 heteroatoms. The molecule has 1 amide bonds. The normalized spacial score (nSPS) is 14.7. The Morgan fingerprint density at radius 3 is 2.33 bits per heavy atom. The van der Waals surface area contributed by atoms with Crippen LogP contribution < -0.4 is 0 Å². The molecular weight excluding hydrogens is 198 g/mol. The third-order valence-corrected chi connectivity index (χ3v) is 2.53. The summed E-state index contributed by atoms with van der Waals surface area (Å²) in [5.41, 5.74) is -1.26. The highest BCUT2D eigenvalue weighted by atomic mass is 16.5. The molecule has 0 spiro atoms. The molecule has 0 heterocycles. The van der Waals surface area contributed by atoms with Crippen molar-refractivity contribution < 1.29 is 19.4 Å². The van der Waals surface area contributed by atoms with Crippen molar-refractivity contribution in [3.05, 3.63) is 0 Å². The number of methoxy groups -OCH3 is 1. The molecule has 0 aromatic carbocycles. The fraction of sp³-hybridized carbons (Fsp3) is 0.800. The molecule has 0 saturated carbocycles.